The number of carbonyl (C=O) groups excluding carboxylic acids is 1. The van der Waals surface area contributed by atoms with Gasteiger partial charge in [0.15, 0.2) is 0 Å². The number of halogens is 3. The molecule has 1 aromatic heterocycles. The number of thiophene rings is 1. The monoisotopic (exact) mass is 494 g/mol. The van der Waals surface area contributed by atoms with Crippen LogP contribution >= 0.6 is 38.9 Å². The topological polar surface area (TPSA) is 57.7 Å². The van der Waals surface area contributed by atoms with Crippen molar-refractivity contribution in [3.8, 4) is 0 Å². The van der Waals surface area contributed by atoms with Crippen LogP contribution in [-0.2, 0) is 21.4 Å². The second-order valence-corrected chi connectivity index (χ2v) is 11.2. The first kappa shape index (κ1) is 20.7. The lowest BCUT2D eigenvalue weighted by molar-refractivity contribution is -0.133. The van der Waals surface area contributed by atoms with E-state index >= 15 is 0 Å². The molecule has 1 fully saturated rings. The van der Waals surface area contributed by atoms with Crippen molar-refractivity contribution in [1.29, 1.82) is 0 Å². The molecule has 0 unspecified atom stereocenters. The van der Waals surface area contributed by atoms with E-state index in [1.54, 1.807) is 12.1 Å². The van der Waals surface area contributed by atoms with Crippen molar-refractivity contribution < 1.29 is 17.6 Å². The quantitative estimate of drug-likeness (QED) is 0.627. The Morgan fingerprint density at radius 1 is 1.41 bits per heavy atom. The largest absolute Gasteiger partial charge is 0.340 e. The summed E-state index contributed by atoms with van der Waals surface area (Å²) in [6.07, 6.45) is 1.02. The number of benzene rings is 1. The van der Waals surface area contributed by atoms with Gasteiger partial charge in [-0.15, -0.1) is 11.3 Å². The Kier molecular flexibility index (Phi) is 6.27. The number of hydrogen-bond donors (Lipinski definition) is 0. The predicted octanol–water partition coefficient (Wildman–Crippen LogP) is 4.11. The van der Waals surface area contributed by atoms with Gasteiger partial charge >= 0.3 is 0 Å². The van der Waals surface area contributed by atoms with Crippen LogP contribution in [0.15, 0.2) is 38.3 Å². The third-order valence-corrected chi connectivity index (χ3v) is 8.79. The molecule has 146 valence electrons. The predicted molar refractivity (Wildman–Crippen MR) is 107 cm³/mol. The maximum Gasteiger partial charge on any atom is 0.253 e. The van der Waals surface area contributed by atoms with Gasteiger partial charge in [-0.2, -0.15) is 4.31 Å². The molecule has 0 bridgehead atoms. The highest BCUT2D eigenvalue weighted by molar-refractivity contribution is 9.11. The Balaban J connectivity index is 1.81. The van der Waals surface area contributed by atoms with Gasteiger partial charge < -0.3 is 4.90 Å². The molecule has 27 heavy (non-hydrogen) atoms. The van der Waals surface area contributed by atoms with Crippen molar-refractivity contribution in [2.45, 2.75) is 29.6 Å². The summed E-state index contributed by atoms with van der Waals surface area (Å²) in [5, 5.41) is 0.231. The summed E-state index contributed by atoms with van der Waals surface area (Å²) < 4.78 is 42.0. The molecule has 3 rings (SSSR count). The molecule has 0 spiro atoms. The van der Waals surface area contributed by atoms with Crippen LogP contribution in [0.2, 0.25) is 5.02 Å². The molecule has 1 saturated heterocycles. The fourth-order valence-corrected chi connectivity index (χ4v) is 7.09. The zero-order valence-electron chi connectivity index (χ0n) is 14.4. The van der Waals surface area contributed by atoms with E-state index in [4.69, 9.17) is 11.6 Å². The van der Waals surface area contributed by atoms with Crippen molar-refractivity contribution >= 4 is 54.8 Å². The lowest BCUT2D eigenvalue weighted by Crippen LogP contribution is -2.46. The Bertz CT molecular complexity index is 947. The van der Waals surface area contributed by atoms with Crippen LogP contribution in [0.4, 0.5) is 4.39 Å². The molecule has 1 amide bonds. The second-order valence-electron chi connectivity index (χ2n) is 6.23. The molecule has 0 aliphatic carbocycles. The first-order valence-electron chi connectivity index (χ1n) is 8.17. The number of nitrogens with zero attached hydrogens (tertiary/aromatic N) is 2. The second kappa shape index (κ2) is 8.16. The molecule has 0 N–H and O–H groups in total. The van der Waals surface area contributed by atoms with Gasteiger partial charge in [0.2, 0.25) is 5.91 Å². The Labute approximate surface area is 174 Å². The van der Waals surface area contributed by atoms with Gasteiger partial charge in [-0.25, -0.2) is 12.8 Å². The summed E-state index contributed by atoms with van der Waals surface area (Å²) in [7, 11) is -2.24. The summed E-state index contributed by atoms with van der Waals surface area (Å²) in [5.41, 5.74) is 0.213. The van der Waals surface area contributed by atoms with Crippen LogP contribution < -0.4 is 0 Å². The minimum atomic E-state index is -3.76. The van der Waals surface area contributed by atoms with E-state index in [-0.39, 0.29) is 33.8 Å². The van der Waals surface area contributed by atoms with Gasteiger partial charge in [-0.05, 0) is 53.0 Å². The van der Waals surface area contributed by atoms with Gasteiger partial charge in [0.25, 0.3) is 10.0 Å². The van der Waals surface area contributed by atoms with Crippen LogP contribution in [0.25, 0.3) is 0 Å². The summed E-state index contributed by atoms with van der Waals surface area (Å²) in [6.45, 7) is 0.252. The van der Waals surface area contributed by atoms with Crippen LogP contribution in [0.5, 0.6) is 0 Å². The highest BCUT2D eigenvalue weighted by atomic mass is 79.9. The highest BCUT2D eigenvalue weighted by Crippen LogP contribution is 2.33. The number of carbonyl (C=O) groups is 1. The van der Waals surface area contributed by atoms with Crippen molar-refractivity contribution in [1.82, 2.24) is 9.21 Å². The maximum atomic E-state index is 14.0. The van der Waals surface area contributed by atoms with Gasteiger partial charge in [0.05, 0.1) is 3.79 Å². The van der Waals surface area contributed by atoms with Crippen molar-refractivity contribution in [3.63, 3.8) is 0 Å². The standard InChI is InChI=1S/C17H17BrClFN2O3S2/c1-21(10-11-12(19)4-2-5-13(11)20)17(23)14-6-3-9-22(14)27(24,25)16-8-7-15(18)26-16/h2,4-5,7-8,14H,3,6,9-10H2,1H3/t14-/m0/s1. The van der Waals surface area contributed by atoms with E-state index in [1.807, 2.05) is 0 Å². The van der Waals surface area contributed by atoms with Gasteiger partial charge in [-0.1, -0.05) is 17.7 Å². The average molecular weight is 496 g/mol. The zero-order valence-corrected chi connectivity index (χ0v) is 18.3. The third kappa shape index (κ3) is 4.22. The minimum absolute atomic E-state index is 0.0285. The molecule has 2 aromatic rings. The average Bonchev–Trinajstić information content (AvgIpc) is 3.27. The molecule has 1 aliphatic heterocycles. The van der Waals surface area contributed by atoms with E-state index in [0.29, 0.717) is 16.6 Å². The third-order valence-electron chi connectivity index (χ3n) is 4.43. The summed E-state index contributed by atoms with van der Waals surface area (Å²) in [4.78, 5) is 14.2. The Morgan fingerprint density at radius 3 is 2.78 bits per heavy atom. The van der Waals surface area contributed by atoms with E-state index in [9.17, 15) is 17.6 Å². The lowest BCUT2D eigenvalue weighted by atomic mass is 10.1. The Hall–Kier alpha value is -1.000. The maximum absolute atomic E-state index is 14.0. The molecule has 10 heteroatoms. The number of likely N-dealkylation sites (N-methyl/N-ethyl adjacent to an activating group) is 1. The SMILES string of the molecule is CN(Cc1c(F)cccc1Cl)C(=O)[C@@H]1CCCN1S(=O)(=O)c1ccc(Br)s1. The molecular weight excluding hydrogens is 479 g/mol. The fourth-order valence-electron chi connectivity index (χ4n) is 3.08. The molecule has 2 heterocycles. The Morgan fingerprint density at radius 2 is 2.15 bits per heavy atom. The van der Waals surface area contributed by atoms with Gasteiger partial charge in [0, 0.05) is 30.7 Å². The van der Waals surface area contributed by atoms with Gasteiger partial charge in [-0.3, -0.25) is 4.79 Å². The van der Waals surface area contributed by atoms with Gasteiger partial charge in [0.1, 0.15) is 16.1 Å². The number of amides is 1. The molecule has 5 nitrogen and oxygen atoms in total. The van der Waals surface area contributed by atoms with Crippen LogP contribution in [-0.4, -0.2) is 43.2 Å². The zero-order chi connectivity index (χ0) is 19.8. The molecular formula is C17H17BrClFN2O3S2. The molecule has 1 aromatic carbocycles. The van der Waals surface area contributed by atoms with Crippen molar-refractivity contribution in [2.75, 3.05) is 13.6 Å². The minimum Gasteiger partial charge on any atom is -0.340 e. The van der Waals surface area contributed by atoms with E-state index in [2.05, 4.69) is 15.9 Å². The van der Waals surface area contributed by atoms with E-state index in [0.717, 1.165) is 11.3 Å². The molecule has 0 saturated carbocycles. The van der Waals surface area contributed by atoms with Crippen molar-refractivity contribution in [3.05, 3.63) is 50.5 Å². The highest BCUT2D eigenvalue weighted by Gasteiger charge is 2.41. The lowest BCUT2D eigenvalue weighted by Gasteiger charge is -2.27. The van der Waals surface area contributed by atoms with Crippen molar-refractivity contribution in [2.24, 2.45) is 0 Å². The summed E-state index contributed by atoms with van der Waals surface area (Å²) in [5.74, 6) is -0.868. The summed E-state index contributed by atoms with van der Waals surface area (Å²) >= 11 is 10.4. The first-order chi connectivity index (χ1) is 12.7. The molecule has 0 radical (unpaired) electrons. The number of rotatable bonds is 5. The number of sulfonamides is 1. The van der Waals surface area contributed by atoms with Crippen LogP contribution in [0.1, 0.15) is 18.4 Å². The first-order valence-corrected chi connectivity index (χ1v) is 11.6. The number of hydrogen-bond acceptors (Lipinski definition) is 4. The van der Waals surface area contributed by atoms with Crippen LogP contribution in [0, 0.1) is 5.82 Å². The molecule has 1 aliphatic rings. The molecule has 1 atom stereocenters. The fraction of sp³-hybridized carbons (Fsp3) is 0.353. The van der Waals surface area contributed by atoms with E-state index < -0.39 is 21.9 Å². The normalized spacial score (nSPS) is 18.0. The summed E-state index contributed by atoms with van der Waals surface area (Å²) in [6, 6.07) is 6.71. The van der Waals surface area contributed by atoms with E-state index in [1.165, 1.54) is 34.5 Å². The smallest absolute Gasteiger partial charge is 0.253 e. The van der Waals surface area contributed by atoms with Crippen LogP contribution in [0.3, 0.4) is 0 Å².